The van der Waals surface area contributed by atoms with Gasteiger partial charge in [0.1, 0.15) is 0 Å². The van der Waals surface area contributed by atoms with E-state index in [0.29, 0.717) is 5.56 Å². The highest BCUT2D eigenvalue weighted by Crippen LogP contribution is 2.00. The lowest BCUT2D eigenvalue weighted by Gasteiger charge is -2.26. The van der Waals surface area contributed by atoms with Gasteiger partial charge in [-0.15, -0.1) is 0 Å². The van der Waals surface area contributed by atoms with Crippen LogP contribution in [0.4, 0.5) is 0 Å². The Balaban J connectivity index is 2.58. The summed E-state index contributed by atoms with van der Waals surface area (Å²) in [6.45, 7) is 8.02. The van der Waals surface area contributed by atoms with E-state index in [2.05, 4.69) is 30.1 Å². The van der Waals surface area contributed by atoms with E-state index in [1.165, 1.54) is 0 Å². The first-order chi connectivity index (χ1) is 7.69. The van der Waals surface area contributed by atoms with E-state index in [-0.39, 0.29) is 12.1 Å². The zero-order chi connectivity index (χ0) is 12.0. The molecule has 3 heteroatoms. The van der Waals surface area contributed by atoms with Crippen molar-refractivity contribution in [3.8, 4) is 0 Å². The van der Waals surface area contributed by atoms with Gasteiger partial charge in [-0.05, 0) is 32.1 Å². The molecule has 1 aromatic rings. The van der Waals surface area contributed by atoms with Crippen molar-refractivity contribution in [1.29, 1.82) is 0 Å². The fraction of sp³-hybridized carbons (Fsp3) is 0.462. The maximum atomic E-state index is 11.8. The van der Waals surface area contributed by atoms with Crippen molar-refractivity contribution in [1.82, 2.24) is 10.2 Å². The molecule has 0 saturated heterocycles. The summed E-state index contributed by atoms with van der Waals surface area (Å²) in [6, 6.07) is 10.1. The highest BCUT2D eigenvalue weighted by atomic mass is 16.1. The highest BCUT2D eigenvalue weighted by Gasteiger charge is 2.13. The second-order valence-electron chi connectivity index (χ2n) is 3.65. The van der Waals surface area contributed by atoms with E-state index >= 15 is 0 Å². The predicted molar refractivity (Wildman–Crippen MR) is 65.1 cm³/mol. The summed E-state index contributed by atoms with van der Waals surface area (Å²) in [5.74, 6) is -0.0694. The molecule has 1 atom stereocenters. The Bertz CT molecular complexity index is 320. The number of nitrogens with one attached hydrogen (secondary N) is 1. The average molecular weight is 219 g/mol. The standard InChI is InChI=1S/C13H19N2O/c1-4-15(5-2)11(3)14-13(16)12-9-7-6-8-10-12/h6-9,11H,4-5H2,1-3H3,(H,14,16). The third kappa shape index (κ3) is 3.35. The van der Waals surface area contributed by atoms with Gasteiger partial charge in [0.25, 0.3) is 5.91 Å². The predicted octanol–water partition coefficient (Wildman–Crippen LogP) is 1.90. The molecule has 1 radical (unpaired) electrons. The zero-order valence-corrected chi connectivity index (χ0v) is 10.2. The molecule has 1 aromatic carbocycles. The van der Waals surface area contributed by atoms with E-state index in [4.69, 9.17) is 0 Å². The van der Waals surface area contributed by atoms with Crippen molar-refractivity contribution in [2.75, 3.05) is 13.1 Å². The smallest absolute Gasteiger partial charge is 0.253 e. The van der Waals surface area contributed by atoms with Gasteiger partial charge < -0.3 is 5.32 Å². The van der Waals surface area contributed by atoms with Crippen LogP contribution in [0.25, 0.3) is 0 Å². The monoisotopic (exact) mass is 219 g/mol. The molecular formula is C13H19N2O. The van der Waals surface area contributed by atoms with E-state index in [0.717, 1.165) is 13.1 Å². The fourth-order valence-electron chi connectivity index (χ4n) is 1.66. The van der Waals surface area contributed by atoms with Gasteiger partial charge in [0, 0.05) is 5.56 Å². The first kappa shape index (κ1) is 12.7. The lowest BCUT2D eigenvalue weighted by molar-refractivity contribution is 0.0874. The number of benzene rings is 1. The van der Waals surface area contributed by atoms with Crippen molar-refractivity contribution in [3.63, 3.8) is 0 Å². The van der Waals surface area contributed by atoms with Gasteiger partial charge in [-0.3, -0.25) is 9.69 Å². The van der Waals surface area contributed by atoms with Crippen LogP contribution in [0.5, 0.6) is 0 Å². The van der Waals surface area contributed by atoms with Crippen LogP contribution in [0.1, 0.15) is 31.1 Å². The minimum absolute atomic E-state index is 0.0520. The number of nitrogens with zero attached hydrogens (tertiary/aromatic N) is 1. The SMILES string of the molecule is CCN(CC)C(C)NC(=O)c1[c]cccc1. The molecule has 1 unspecified atom stereocenters. The van der Waals surface area contributed by atoms with E-state index in [1.807, 2.05) is 19.1 Å². The minimum atomic E-state index is -0.0694. The van der Waals surface area contributed by atoms with Crippen LogP contribution in [-0.2, 0) is 0 Å². The normalized spacial score (nSPS) is 12.5. The molecule has 1 rings (SSSR count). The maximum absolute atomic E-state index is 11.8. The topological polar surface area (TPSA) is 32.3 Å². The maximum Gasteiger partial charge on any atom is 0.253 e. The Hall–Kier alpha value is -1.35. The molecule has 16 heavy (non-hydrogen) atoms. The van der Waals surface area contributed by atoms with Crippen LogP contribution in [0, 0.1) is 6.07 Å². The Morgan fingerprint density at radius 3 is 2.62 bits per heavy atom. The molecule has 0 spiro atoms. The molecule has 0 saturated carbocycles. The lowest BCUT2D eigenvalue weighted by Crippen LogP contribution is -2.46. The van der Waals surface area contributed by atoms with Crippen LogP contribution < -0.4 is 5.32 Å². The summed E-state index contributed by atoms with van der Waals surface area (Å²) in [5, 5.41) is 2.95. The summed E-state index contributed by atoms with van der Waals surface area (Å²) in [5.41, 5.74) is 0.585. The van der Waals surface area contributed by atoms with Crippen LogP contribution in [0.3, 0.4) is 0 Å². The summed E-state index contributed by atoms with van der Waals surface area (Å²) in [4.78, 5) is 14.0. The molecule has 3 nitrogen and oxygen atoms in total. The molecule has 0 aliphatic rings. The largest absolute Gasteiger partial charge is 0.337 e. The summed E-state index contributed by atoms with van der Waals surface area (Å²) < 4.78 is 0. The van der Waals surface area contributed by atoms with Gasteiger partial charge in [0.2, 0.25) is 0 Å². The molecule has 0 aromatic heterocycles. The van der Waals surface area contributed by atoms with Gasteiger partial charge >= 0.3 is 0 Å². The molecule has 0 heterocycles. The quantitative estimate of drug-likeness (QED) is 0.767. The minimum Gasteiger partial charge on any atom is -0.337 e. The van der Waals surface area contributed by atoms with Gasteiger partial charge in [-0.2, -0.15) is 0 Å². The number of carbonyl (C=O) groups excluding carboxylic acids is 1. The first-order valence-electron chi connectivity index (χ1n) is 5.70. The van der Waals surface area contributed by atoms with Crippen LogP contribution >= 0.6 is 0 Å². The van der Waals surface area contributed by atoms with Gasteiger partial charge in [-0.25, -0.2) is 0 Å². The van der Waals surface area contributed by atoms with Gasteiger partial charge in [0.05, 0.1) is 6.17 Å². The Kier molecular flexibility index (Phi) is 4.99. The van der Waals surface area contributed by atoms with Crippen LogP contribution in [0.15, 0.2) is 24.3 Å². The molecule has 87 valence electrons. The third-order valence-corrected chi connectivity index (χ3v) is 2.65. The number of hydrogen-bond donors (Lipinski definition) is 1. The first-order valence-corrected chi connectivity index (χ1v) is 5.70. The highest BCUT2D eigenvalue weighted by molar-refractivity contribution is 5.93. The molecule has 1 amide bonds. The lowest BCUT2D eigenvalue weighted by atomic mass is 10.2. The molecule has 0 aliphatic heterocycles. The summed E-state index contributed by atoms with van der Waals surface area (Å²) in [6.07, 6.45) is 0.0520. The number of hydrogen-bond acceptors (Lipinski definition) is 2. The molecule has 0 fully saturated rings. The number of carbonyl (C=O) groups is 1. The second-order valence-corrected chi connectivity index (χ2v) is 3.65. The Morgan fingerprint density at radius 2 is 2.12 bits per heavy atom. The molecule has 0 bridgehead atoms. The van der Waals surface area contributed by atoms with Crippen LogP contribution in [-0.4, -0.2) is 30.1 Å². The van der Waals surface area contributed by atoms with Crippen molar-refractivity contribution >= 4 is 5.91 Å². The zero-order valence-electron chi connectivity index (χ0n) is 10.2. The number of amides is 1. The van der Waals surface area contributed by atoms with E-state index in [1.54, 1.807) is 12.1 Å². The van der Waals surface area contributed by atoms with Crippen molar-refractivity contribution < 1.29 is 4.79 Å². The Labute approximate surface area is 97.5 Å². The Morgan fingerprint density at radius 1 is 1.44 bits per heavy atom. The van der Waals surface area contributed by atoms with Crippen molar-refractivity contribution in [2.45, 2.75) is 26.9 Å². The fourth-order valence-corrected chi connectivity index (χ4v) is 1.66. The van der Waals surface area contributed by atoms with Gasteiger partial charge in [-0.1, -0.05) is 32.0 Å². The molecule has 1 N–H and O–H groups in total. The van der Waals surface area contributed by atoms with Crippen molar-refractivity contribution in [3.05, 3.63) is 35.9 Å². The third-order valence-electron chi connectivity index (χ3n) is 2.65. The molecular weight excluding hydrogens is 200 g/mol. The van der Waals surface area contributed by atoms with E-state index < -0.39 is 0 Å². The summed E-state index contributed by atoms with van der Waals surface area (Å²) in [7, 11) is 0. The average Bonchev–Trinajstić information content (AvgIpc) is 2.31. The van der Waals surface area contributed by atoms with Gasteiger partial charge in [0.15, 0.2) is 0 Å². The second kappa shape index (κ2) is 6.28. The van der Waals surface area contributed by atoms with E-state index in [9.17, 15) is 4.79 Å². The summed E-state index contributed by atoms with van der Waals surface area (Å²) >= 11 is 0. The van der Waals surface area contributed by atoms with Crippen molar-refractivity contribution in [2.24, 2.45) is 0 Å². The number of rotatable bonds is 5. The molecule has 0 aliphatic carbocycles. The van der Waals surface area contributed by atoms with Crippen LogP contribution in [0.2, 0.25) is 0 Å².